The van der Waals surface area contributed by atoms with E-state index < -0.39 is 0 Å². The minimum atomic E-state index is 0.0411. The van der Waals surface area contributed by atoms with E-state index >= 15 is 0 Å². The summed E-state index contributed by atoms with van der Waals surface area (Å²) in [6.45, 7) is 4.49. The van der Waals surface area contributed by atoms with Crippen molar-refractivity contribution in [1.29, 1.82) is 0 Å². The topological polar surface area (TPSA) is 39.2 Å². The molecule has 3 heteroatoms. The lowest BCUT2D eigenvalue weighted by molar-refractivity contribution is 0.403. The van der Waals surface area contributed by atoms with Crippen molar-refractivity contribution in [2.24, 2.45) is 17.1 Å². The zero-order chi connectivity index (χ0) is 9.64. The van der Waals surface area contributed by atoms with Gasteiger partial charge in [-0.2, -0.15) is 0 Å². The van der Waals surface area contributed by atoms with Crippen molar-refractivity contribution in [3.05, 3.63) is 22.6 Å². The van der Waals surface area contributed by atoms with Crippen molar-refractivity contribution in [3.63, 3.8) is 0 Å². The Morgan fingerprint density at radius 3 is 2.69 bits per heavy atom. The number of hydrogen-bond acceptors (Lipinski definition) is 2. The summed E-state index contributed by atoms with van der Waals surface area (Å²) in [5.41, 5.74) is 6.49. The van der Waals surface area contributed by atoms with Gasteiger partial charge in [0.2, 0.25) is 0 Å². The van der Waals surface area contributed by atoms with Crippen molar-refractivity contribution in [2.75, 3.05) is 0 Å². The standard InChI is InChI=1S/C10H14BrNO/c1-10(2)5-6(10)8(12)9-7(11)3-4-13-9/h3-4,6,8H,5,12H2,1-2H3. The maximum absolute atomic E-state index is 6.10. The third-order valence-electron chi connectivity index (χ3n) is 2.97. The van der Waals surface area contributed by atoms with Crippen LogP contribution in [0.25, 0.3) is 0 Å². The smallest absolute Gasteiger partial charge is 0.134 e. The molecule has 1 heterocycles. The van der Waals surface area contributed by atoms with Crippen LogP contribution in [0.5, 0.6) is 0 Å². The van der Waals surface area contributed by atoms with E-state index in [0.717, 1.165) is 10.2 Å². The molecule has 1 saturated carbocycles. The lowest BCUT2D eigenvalue weighted by Crippen LogP contribution is -2.15. The Labute approximate surface area is 86.6 Å². The summed E-state index contributed by atoms with van der Waals surface area (Å²) in [6.07, 6.45) is 2.87. The molecular weight excluding hydrogens is 230 g/mol. The molecule has 0 radical (unpaired) electrons. The lowest BCUT2D eigenvalue weighted by atomic mass is 10.0. The summed E-state index contributed by atoms with van der Waals surface area (Å²) < 4.78 is 6.34. The summed E-state index contributed by atoms with van der Waals surface area (Å²) in [5.74, 6) is 1.45. The molecule has 13 heavy (non-hydrogen) atoms. The van der Waals surface area contributed by atoms with Crippen molar-refractivity contribution in [1.82, 2.24) is 0 Å². The molecule has 2 rings (SSSR count). The van der Waals surface area contributed by atoms with Gasteiger partial charge in [-0.3, -0.25) is 0 Å². The van der Waals surface area contributed by atoms with Gasteiger partial charge in [-0.15, -0.1) is 0 Å². The van der Waals surface area contributed by atoms with Crippen LogP contribution in [0.15, 0.2) is 21.2 Å². The van der Waals surface area contributed by atoms with Crippen LogP contribution in [-0.2, 0) is 0 Å². The van der Waals surface area contributed by atoms with E-state index in [1.54, 1.807) is 6.26 Å². The Hall–Kier alpha value is -0.280. The maximum atomic E-state index is 6.10. The molecular formula is C10H14BrNO. The third kappa shape index (κ3) is 1.55. The van der Waals surface area contributed by atoms with Gasteiger partial charge in [-0.05, 0) is 39.8 Å². The van der Waals surface area contributed by atoms with Crippen LogP contribution in [0.2, 0.25) is 0 Å². The summed E-state index contributed by atoms with van der Waals surface area (Å²) in [4.78, 5) is 0. The second kappa shape index (κ2) is 2.85. The van der Waals surface area contributed by atoms with Crippen LogP contribution < -0.4 is 5.73 Å². The number of nitrogens with two attached hydrogens (primary N) is 1. The predicted molar refractivity (Wildman–Crippen MR) is 55.2 cm³/mol. The predicted octanol–water partition coefficient (Wildman–Crippen LogP) is 3.09. The zero-order valence-electron chi connectivity index (χ0n) is 7.88. The number of halogens is 1. The molecule has 1 aliphatic carbocycles. The normalized spacial score (nSPS) is 27.2. The molecule has 0 spiro atoms. The SMILES string of the molecule is CC1(C)CC1C(N)c1occc1Br. The second-order valence-electron chi connectivity index (χ2n) is 4.46. The number of rotatable bonds is 2. The fourth-order valence-corrected chi connectivity index (χ4v) is 2.31. The van der Waals surface area contributed by atoms with E-state index in [4.69, 9.17) is 10.2 Å². The Morgan fingerprint density at radius 1 is 1.69 bits per heavy atom. The molecule has 1 aromatic heterocycles. The highest BCUT2D eigenvalue weighted by atomic mass is 79.9. The lowest BCUT2D eigenvalue weighted by Gasteiger charge is -2.10. The fraction of sp³-hybridized carbons (Fsp3) is 0.600. The summed E-state index contributed by atoms with van der Waals surface area (Å²) in [6, 6.07) is 1.93. The van der Waals surface area contributed by atoms with Crippen LogP contribution >= 0.6 is 15.9 Å². The summed E-state index contributed by atoms with van der Waals surface area (Å²) in [7, 11) is 0. The molecule has 1 fully saturated rings. The highest BCUT2D eigenvalue weighted by Gasteiger charge is 2.50. The van der Waals surface area contributed by atoms with Gasteiger partial charge in [0.05, 0.1) is 16.8 Å². The first-order chi connectivity index (χ1) is 6.02. The molecule has 0 aliphatic heterocycles. The van der Waals surface area contributed by atoms with Gasteiger partial charge in [0.15, 0.2) is 0 Å². The molecule has 2 nitrogen and oxygen atoms in total. The van der Waals surface area contributed by atoms with Gasteiger partial charge in [0, 0.05) is 0 Å². The van der Waals surface area contributed by atoms with Crippen molar-refractivity contribution < 1.29 is 4.42 Å². The molecule has 2 atom stereocenters. The van der Waals surface area contributed by atoms with Gasteiger partial charge >= 0.3 is 0 Å². The highest BCUT2D eigenvalue weighted by molar-refractivity contribution is 9.10. The van der Waals surface area contributed by atoms with Gasteiger partial charge < -0.3 is 10.2 Å². The van der Waals surface area contributed by atoms with Gasteiger partial charge in [0.1, 0.15) is 5.76 Å². The first-order valence-electron chi connectivity index (χ1n) is 4.51. The first kappa shape index (κ1) is 9.28. The Kier molecular flexibility index (Phi) is 2.04. The Morgan fingerprint density at radius 2 is 2.31 bits per heavy atom. The molecule has 2 N–H and O–H groups in total. The van der Waals surface area contributed by atoms with Gasteiger partial charge in [-0.1, -0.05) is 13.8 Å². The summed E-state index contributed by atoms with van der Waals surface area (Å²) >= 11 is 3.43. The van der Waals surface area contributed by atoms with E-state index in [2.05, 4.69) is 29.8 Å². The van der Waals surface area contributed by atoms with Gasteiger partial charge in [-0.25, -0.2) is 0 Å². The molecule has 0 saturated heterocycles. The van der Waals surface area contributed by atoms with E-state index in [9.17, 15) is 0 Å². The molecule has 0 aromatic carbocycles. The second-order valence-corrected chi connectivity index (χ2v) is 5.31. The number of hydrogen-bond donors (Lipinski definition) is 1. The molecule has 1 aliphatic rings. The van der Waals surface area contributed by atoms with E-state index in [1.807, 2.05) is 6.07 Å². The monoisotopic (exact) mass is 243 g/mol. The average Bonchev–Trinajstić information content (AvgIpc) is 2.49. The van der Waals surface area contributed by atoms with Crippen LogP contribution in [0.4, 0.5) is 0 Å². The fourth-order valence-electron chi connectivity index (χ4n) is 1.85. The van der Waals surface area contributed by atoms with Gasteiger partial charge in [0.25, 0.3) is 0 Å². The Bertz CT molecular complexity index is 318. The Balaban J connectivity index is 2.15. The van der Waals surface area contributed by atoms with Crippen LogP contribution in [0.3, 0.4) is 0 Å². The van der Waals surface area contributed by atoms with Crippen molar-refractivity contribution in [3.8, 4) is 0 Å². The van der Waals surface area contributed by atoms with Crippen LogP contribution in [-0.4, -0.2) is 0 Å². The summed E-state index contributed by atoms with van der Waals surface area (Å²) in [5, 5.41) is 0. The molecule has 0 bridgehead atoms. The first-order valence-corrected chi connectivity index (χ1v) is 5.30. The van der Waals surface area contributed by atoms with Crippen molar-refractivity contribution >= 4 is 15.9 Å². The zero-order valence-corrected chi connectivity index (χ0v) is 9.47. The number of furan rings is 1. The molecule has 0 amide bonds. The minimum Gasteiger partial charge on any atom is -0.466 e. The van der Waals surface area contributed by atoms with Crippen LogP contribution in [0, 0.1) is 11.3 Å². The van der Waals surface area contributed by atoms with Crippen molar-refractivity contribution in [2.45, 2.75) is 26.3 Å². The average molecular weight is 244 g/mol. The van der Waals surface area contributed by atoms with E-state index in [1.165, 1.54) is 6.42 Å². The van der Waals surface area contributed by atoms with E-state index in [-0.39, 0.29) is 6.04 Å². The highest BCUT2D eigenvalue weighted by Crippen LogP contribution is 2.57. The molecule has 1 aromatic rings. The maximum Gasteiger partial charge on any atom is 0.134 e. The quantitative estimate of drug-likeness (QED) is 0.868. The van der Waals surface area contributed by atoms with Crippen LogP contribution in [0.1, 0.15) is 32.1 Å². The van der Waals surface area contributed by atoms with E-state index in [0.29, 0.717) is 11.3 Å². The molecule has 2 unspecified atom stereocenters. The molecule has 72 valence electrons. The minimum absolute atomic E-state index is 0.0411. The largest absolute Gasteiger partial charge is 0.466 e. The third-order valence-corrected chi connectivity index (χ3v) is 3.63.